The summed E-state index contributed by atoms with van der Waals surface area (Å²) in [5.74, 6) is 1.74. The number of benzene rings is 1. The van der Waals surface area contributed by atoms with Gasteiger partial charge < -0.3 is 14.4 Å². The van der Waals surface area contributed by atoms with Gasteiger partial charge in [0.1, 0.15) is 6.61 Å². The standard InChI is InChI=1S/C19H21N5O3S2/c1-2-23(10-14-12-26-16-7-3-4-8-17(16)27-14)18(25)13-29-19-20-21-22-24(19)11-15-6-5-9-28-15/h3-9,14H,2,10-13H2,1H3/t14-/m0/s1. The van der Waals surface area contributed by atoms with Crippen LogP contribution in [0.3, 0.4) is 0 Å². The number of thioether (sulfide) groups is 1. The van der Waals surface area contributed by atoms with E-state index in [9.17, 15) is 4.79 Å². The van der Waals surface area contributed by atoms with Gasteiger partial charge in [-0.2, -0.15) is 0 Å². The Morgan fingerprint density at radius 1 is 1.31 bits per heavy atom. The maximum absolute atomic E-state index is 12.7. The Hall–Kier alpha value is -2.59. The second-order valence-electron chi connectivity index (χ2n) is 6.42. The summed E-state index contributed by atoms with van der Waals surface area (Å²) in [7, 11) is 0. The first-order chi connectivity index (χ1) is 14.2. The molecule has 10 heteroatoms. The maximum Gasteiger partial charge on any atom is 0.233 e. The van der Waals surface area contributed by atoms with Gasteiger partial charge in [-0.1, -0.05) is 30.0 Å². The number of thiophene rings is 1. The van der Waals surface area contributed by atoms with E-state index in [0.29, 0.717) is 31.4 Å². The highest BCUT2D eigenvalue weighted by Gasteiger charge is 2.25. The van der Waals surface area contributed by atoms with E-state index in [-0.39, 0.29) is 17.8 Å². The third-order valence-electron chi connectivity index (χ3n) is 4.44. The monoisotopic (exact) mass is 431 g/mol. The number of ether oxygens (including phenoxy) is 2. The Morgan fingerprint density at radius 2 is 2.17 bits per heavy atom. The molecule has 0 spiro atoms. The van der Waals surface area contributed by atoms with Crippen LogP contribution in [-0.2, 0) is 11.3 Å². The lowest BCUT2D eigenvalue weighted by molar-refractivity contribution is -0.129. The average molecular weight is 432 g/mol. The number of amides is 1. The first-order valence-corrected chi connectivity index (χ1v) is 11.2. The van der Waals surface area contributed by atoms with Gasteiger partial charge in [-0.15, -0.1) is 16.4 Å². The van der Waals surface area contributed by atoms with Gasteiger partial charge in [0.2, 0.25) is 11.1 Å². The fourth-order valence-electron chi connectivity index (χ4n) is 2.97. The highest BCUT2D eigenvalue weighted by molar-refractivity contribution is 7.99. The van der Waals surface area contributed by atoms with Crippen molar-refractivity contribution in [2.45, 2.75) is 24.7 Å². The van der Waals surface area contributed by atoms with Crippen LogP contribution in [0, 0.1) is 0 Å². The summed E-state index contributed by atoms with van der Waals surface area (Å²) < 4.78 is 13.4. The second kappa shape index (κ2) is 9.27. The lowest BCUT2D eigenvalue weighted by Gasteiger charge is -2.30. The summed E-state index contributed by atoms with van der Waals surface area (Å²) >= 11 is 3.00. The minimum Gasteiger partial charge on any atom is -0.486 e. The van der Waals surface area contributed by atoms with E-state index < -0.39 is 0 Å². The molecule has 0 fully saturated rings. The fourth-order valence-corrected chi connectivity index (χ4v) is 4.44. The molecule has 1 aliphatic heterocycles. The van der Waals surface area contributed by atoms with Crippen molar-refractivity contribution in [3.05, 3.63) is 46.7 Å². The number of nitrogens with zero attached hydrogens (tertiary/aromatic N) is 5. The van der Waals surface area contributed by atoms with Crippen molar-refractivity contribution in [1.82, 2.24) is 25.1 Å². The Balaban J connectivity index is 1.31. The van der Waals surface area contributed by atoms with E-state index in [1.54, 1.807) is 20.9 Å². The number of likely N-dealkylation sites (N-methyl/N-ethyl adjacent to an activating group) is 1. The molecule has 29 heavy (non-hydrogen) atoms. The number of carbonyl (C=O) groups excluding carboxylic acids is 1. The molecule has 1 aromatic carbocycles. The Bertz CT molecular complexity index is 947. The number of rotatable bonds is 8. The average Bonchev–Trinajstić information content (AvgIpc) is 3.42. The van der Waals surface area contributed by atoms with Crippen LogP contribution in [0.4, 0.5) is 0 Å². The first kappa shape index (κ1) is 19.7. The van der Waals surface area contributed by atoms with Gasteiger partial charge in [0.15, 0.2) is 17.6 Å². The van der Waals surface area contributed by atoms with Crippen molar-refractivity contribution in [1.29, 1.82) is 0 Å². The highest BCUT2D eigenvalue weighted by atomic mass is 32.2. The molecule has 0 radical (unpaired) electrons. The molecule has 8 nitrogen and oxygen atoms in total. The molecule has 1 atom stereocenters. The molecule has 1 aliphatic rings. The van der Waals surface area contributed by atoms with Crippen molar-refractivity contribution in [3.8, 4) is 11.5 Å². The third-order valence-corrected chi connectivity index (χ3v) is 6.24. The molecule has 0 bridgehead atoms. The van der Waals surface area contributed by atoms with Gasteiger partial charge in [0.25, 0.3) is 0 Å². The van der Waals surface area contributed by atoms with Crippen LogP contribution in [0.15, 0.2) is 46.9 Å². The first-order valence-electron chi connectivity index (χ1n) is 9.30. The summed E-state index contributed by atoms with van der Waals surface area (Å²) in [5.41, 5.74) is 0. The lowest BCUT2D eigenvalue weighted by atomic mass is 10.2. The molecule has 0 saturated carbocycles. The summed E-state index contributed by atoms with van der Waals surface area (Å²) in [4.78, 5) is 15.7. The van der Waals surface area contributed by atoms with Crippen LogP contribution in [0.2, 0.25) is 0 Å². The number of hydrogen-bond acceptors (Lipinski definition) is 8. The van der Waals surface area contributed by atoms with Crippen molar-refractivity contribution >= 4 is 29.0 Å². The molecular formula is C19H21N5O3S2. The Kier molecular flexibility index (Phi) is 6.30. The SMILES string of the molecule is CCN(C[C@H]1COc2ccccc2O1)C(=O)CSc1nnnn1Cc1cccs1. The van der Waals surface area contributed by atoms with E-state index in [0.717, 1.165) is 16.4 Å². The normalized spacial score (nSPS) is 15.3. The molecular weight excluding hydrogens is 410 g/mol. The fraction of sp³-hybridized carbons (Fsp3) is 0.368. The predicted molar refractivity (Wildman–Crippen MR) is 111 cm³/mol. The van der Waals surface area contributed by atoms with E-state index in [4.69, 9.17) is 9.47 Å². The molecule has 2 aromatic heterocycles. The number of hydrogen-bond donors (Lipinski definition) is 0. The van der Waals surface area contributed by atoms with Crippen molar-refractivity contribution in [2.75, 3.05) is 25.4 Å². The topological polar surface area (TPSA) is 82.4 Å². The number of para-hydroxylation sites is 2. The van der Waals surface area contributed by atoms with Gasteiger partial charge in [0, 0.05) is 11.4 Å². The highest BCUT2D eigenvalue weighted by Crippen LogP contribution is 2.31. The largest absolute Gasteiger partial charge is 0.486 e. The Morgan fingerprint density at radius 3 is 2.97 bits per heavy atom. The molecule has 1 amide bonds. The summed E-state index contributed by atoms with van der Waals surface area (Å²) in [5, 5.41) is 14.5. The molecule has 0 aliphatic carbocycles. The van der Waals surface area contributed by atoms with E-state index in [1.807, 2.05) is 48.7 Å². The zero-order valence-corrected chi connectivity index (χ0v) is 17.6. The van der Waals surface area contributed by atoms with Crippen LogP contribution in [0.25, 0.3) is 0 Å². The van der Waals surface area contributed by atoms with Crippen molar-refractivity contribution < 1.29 is 14.3 Å². The third kappa shape index (κ3) is 4.88. The Labute approximate surface area is 176 Å². The molecule has 3 aromatic rings. The van der Waals surface area contributed by atoms with Gasteiger partial charge in [-0.25, -0.2) is 4.68 Å². The molecule has 0 unspecified atom stereocenters. The zero-order valence-electron chi connectivity index (χ0n) is 15.9. The summed E-state index contributed by atoms with van der Waals surface area (Å²) in [6.07, 6.45) is -0.192. The molecule has 0 saturated heterocycles. The predicted octanol–water partition coefficient (Wildman–Crippen LogP) is 2.56. The lowest BCUT2D eigenvalue weighted by Crippen LogP contribution is -2.44. The smallest absolute Gasteiger partial charge is 0.233 e. The number of fused-ring (bicyclic) bond motifs is 1. The van der Waals surface area contributed by atoms with Gasteiger partial charge in [0.05, 0.1) is 18.8 Å². The van der Waals surface area contributed by atoms with Crippen molar-refractivity contribution in [3.63, 3.8) is 0 Å². The van der Waals surface area contributed by atoms with Crippen LogP contribution < -0.4 is 9.47 Å². The van der Waals surface area contributed by atoms with Crippen LogP contribution in [0.1, 0.15) is 11.8 Å². The molecule has 0 N–H and O–H groups in total. The minimum absolute atomic E-state index is 0.0191. The zero-order chi connectivity index (χ0) is 20.1. The van der Waals surface area contributed by atoms with Crippen LogP contribution in [-0.4, -0.2) is 62.6 Å². The quantitative estimate of drug-likeness (QED) is 0.507. The summed E-state index contributed by atoms with van der Waals surface area (Å²) in [6, 6.07) is 11.6. The van der Waals surface area contributed by atoms with E-state index in [2.05, 4.69) is 15.5 Å². The number of tetrazole rings is 1. The molecule has 152 valence electrons. The van der Waals surface area contributed by atoms with Gasteiger partial charge >= 0.3 is 0 Å². The number of aromatic nitrogens is 4. The maximum atomic E-state index is 12.7. The van der Waals surface area contributed by atoms with Crippen LogP contribution in [0.5, 0.6) is 11.5 Å². The molecule has 4 rings (SSSR count). The van der Waals surface area contributed by atoms with Gasteiger partial charge in [-0.3, -0.25) is 4.79 Å². The minimum atomic E-state index is -0.192. The van der Waals surface area contributed by atoms with Gasteiger partial charge in [-0.05, 0) is 40.9 Å². The summed E-state index contributed by atoms with van der Waals surface area (Å²) in [6.45, 7) is 4.06. The van der Waals surface area contributed by atoms with E-state index in [1.165, 1.54) is 11.8 Å². The molecule has 3 heterocycles. The number of carbonyl (C=O) groups is 1. The van der Waals surface area contributed by atoms with Crippen LogP contribution >= 0.6 is 23.1 Å². The van der Waals surface area contributed by atoms with E-state index >= 15 is 0 Å². The van der Waals surface area contributed by atoms with Crippen molar-refractivity contribution in [2.24, 2.45) is 0 Å². The second-order valence-corrected chi connectivity index (χ2v) is 8.39.